The summed E-state index contributed by atoms with van der Waals surface area (Å²) in [6.45, 7) is -0.00684. The second-order valence-corrected chi connectivity index (χ2v) is 2.99. The van der Waals surface area contributed by atoms with Crippen molar-refractivity contribution in [3.8, 4) is 23.0 Å². The number of methoxy groups -OCH3 is 2. The third kappa shape index (κ3) is 1.45. The smallest absolute Gasteiger partial charge is 0.231 e. The van der Waals surface area contributed by atoms with Crippen molar-refractivity contribution in [2.75, 3.05) is 21.0 Å². The van der Waals surface area contributed by atoms with Crippen molar-refractivity contribution in [3.05, 3.63) is 11.6 Å². The molecule has 0 unspecified atom stereocenters. The molecule has 0 spiro atoms. The van der Waals surface area contributed by atoms with Gasteiger partial charge in [0.2, 0.25) is 18.3 Å². The van der Waals surface area contributed by atoms with Gasteiger partial charge in [0.15, 0.2) is 11.5 Å². The van der Waals surface area contributed by atoms with E-state index in [4.69, 9.17) is 24.1 Å². The maximum atomic E-state index is 9.17. The van der Waals surface area contributed by atoms with Crippen LogP contribution in [0.4, 0.5) is 0 Å². The van der Waals surface area contributed by atoms with Gasteiger partial charge in [-0.2, -0.15) is 0 Å². The maximum Gasteiger partial charge on any atom is 0.231 e. The van der Waals surface area contributed by atoms with Gasteiger partial charge in [0.1, 0.15) is 0 Å². The normalized spacial score (nSPS) is 12.7. The van der Waals surface area contributed by atoms with Crippen molar-refractivity contribution in [3.63, 3.8) is 0 Å². The highest BCUT2D eigenvalue weighted by Gasteiger charge is 2.26. The molecule has 1 aliphatic heterocycles. The van der Waals surface area contributed by atoms with Crippen LogP contribution in [0.15, 0.2) is 6.07 Å². The number of ether oxygens (including phenoxy) is 4. The minimum absolute atomic E-state index is 0.136. The highest BCUT2D eigenvalue weighted by atomic mass is 16.7. The number of aliphatic hydroxyl groups is 1. The van der Waals surface area contributed by atoms with Crippen LogP contribution in [-0.4, -0.2) is 26.1 Å². The molecular weight excluding hydrogens is 200 g/mol. The Labute approximate surface area is 87.1 Å². The zero-order chi connectivity index (χ0) is 10.8. The molecule has 0 atom stereocenters. The van der Waals surface area contributed by atoms with Gasteiger partial charge in [-0.25, -0.2) is 0 Å². The average Bonchev–Trinajstić information content (AvgIpc) is 2.75. The molecule has 1 N–H and O–H groups in total. The van der Waals surface area contributed by atoms with Gasteiger partial charge in [0.25, 0.3) is 0 Å². The molecule has 1 aromatic rings. The van der Waals surface area contributed by atoms with Crippen LogP contribution >= 0.6 is 0 Å². The fraction of sp³-hybridized carbons (Fsp3) is 0.400. The third-order valence-corrected chi connectivity index (χ3v) is 2.23. The fourth-order valence-electron chi connectivity index (χ4n) is 1.56. The summed E-state index contributed by atoms with van der Waals surface area (Å²) in [5.41, 5.74) is 0.610. The van der Waals surface area contributed by atoms with Crippen LogP contribution in [0, 0.1) is 0 Å². The zero-order valence-electron chi connectivity index (χ0n) is 8.57. The highest BCUT2D eigenvalue weighted by Crippen LogP contribution is 2.49. The monoisotopic (exact) mass is 212 g/mol. The molecule has 82 valence electrons. The van der Waals surface area contributed by atoms with Crippen LogP contribution in [0.3, 0.4) is 0 Å². The maximum absolute atomic E-state index is 9.17. The van der Waals surface area contributed by atoms with E-state index in [2.05, 4.69) is 0 Å². The van der Waals surface area contributed by atoms with E-state index in [0.29, 0.717) is 28.6 Å². The predicted octanol–water partition coefficient (Wildman–Crippen LogP) is 0.925. The van der Waals surface area contributed by atoms with Crippen molar-refractivity contribution in [1.82, 2.24) is 0 Å². The Morgan fingerprint density at radius 3 is 2.60 bits per heavy atom. The number of aliphatic hydroxyl groups excluding tert-OH is 1. The summed E-state index contributed by atoms with van der Waals surface area (Å²) in [6.07, 6.45) is 0. The van der Waals surface area contributed by atoms with Gasteiger partial charge in [-0.05, 0) is 6.07 Å². The number of fused-ring (bicyclic) bond motifs is 1. The molecule has 2 rings (SSSR count). The first-order valence-corrected chi connectivity index (χ1v) is 4.46. The number of hydrogen-bond acceptors (Lipinski definition) is 5. The van der Waals surface area contributed by atoms with Crippen molar-refractivity contribution >= 4 is 0 Å². The molecule has 0 saturated carbocycles. The Bertz CT molecular complexity index is 375. The molecule has 1 aliphatic rings. The Morgan fingerprint density at radius 1 is 1.27 bits per heavy atom. The molecule has 0 bridgehead atoms. The molecule has 15 heavy (non-hydrogen) atoms. The van der Waals surface area contributed by atoms with Gasteiger partial charge in [0.05, 0.1) is 20.8 Å². The Hall–Kier alpha value is -1.62. The van der Waals surface area contributed by atoms with E-state index in [1.165, 1.54) is 14.2 Å². The Morgan fingerprint density at radius 2 is 2.00 bits per heavy atom. The molecule has 0 amide bonds. The van der Waals surface area contributed by atoms with Crippen molar-refractivity contribution in [2.45, 2.75) is 6.61 Å². The predicted molar refractivity (Wildman–Crippen MR) is 51.6 cm³/mol. The topological polar surface area (TPSA) is 57.2 Å². The number of rotatable bonds is 3. The van der Waals surface area contributed by atoms with Gasteiger partial charge in [-0.3, -0.25) is 0 Å². The van der Waals surface area contributed by atoms with Crippen LogP contribution in [0.5, 0.6) is 23.0 Å². The van der Waals surface area contributed by atoms with Gasteiger partial charge in [-0.1, -0.05) is 0 Å². The molecule has 5 nitrogen and oxygen atoms in total. The first-order chi connectivity index (χ1) is 7.31. The van der Waals surface area contributed by atoms with Crippen LogP contribution in [0.2, 0.25) is 0 Å². The molecule has 0 fully saturated rings. The molecule has 0 aromatic heterocycles. The molecule has 5 heteroatoms. The standard InChI is InChI=1S/C10H12O5/c1-12-7-3-6(4-11)8(13-2)10-9(7)14-5-15-10/h3,11H,4-5H2,1-2H3. The summed E-state index contributed by atoms with van der Waals surface area (Å²) in [7, 11) is 3.05. The van der Waals surface area contributed by atoms with Crippen LogP contribution in [0.25, 0.3) is 0 Å². The van der Waals surface area contributed by atoms with Gasteiger partial charge < -0.3 is 24.1 Å². The third-order valence-electron chi connectivity index (χ3n) is 2.23. The fourth-order valence-corrected chi connectivity index (χ4v) is 1.56. The zero-order valence-corrected chi connectivity index (χ0v) is 8.57. The SMILES string of the molecule is COc1cc(CO)c(OC)c2c1OCO2. The van der Waals surface area contributed by atoms with Gasteiger partial charge >= 0.3 is 0 Å². The van der Waals surface area contributed by atoms with E-state index in [1.807, 2.05) is 0 Å². The molecule has 0 saturated heterocycles. The van der Waals surface area contributed by atoms with Crippen LogP contribution in [0.1, 0.15) is 5.56 Å². The molecule has 1 heterocycles. The van der Waals surface area contributed by atoms with Gasteiger partial charge in [0, 0.05) is 5.56 Å². The van der Waals surface area contributed by atoms with E-state index >= 15 is 0 Å². The lowest BCUT2D eigenvalue weighted by Crippen LogP contribution is -1.96. The average molecular weight is 212 g/mol. The van der Waals surface area contributed by atoms with Gasteiger partial charge in [-0.15, -0.1) is 0 Å². The first kappa shape index (κ1) is 9.92. The van der Waals surface area contributed by atoms with Crippen molar-refractivity contribution < 1.29 is 24.1 Å². The lowest BCUT2D eigenvalue weighted by molar-refractivity contribution is 0.168. The molecular formula is C10H12O5. The van der Waals surface area contributed by atoms with E-state index in [1.54, 1.807) is 6.07 Å². The Balaban J connectivity index is 2.60. The van der Waals surface area contributed by atoms with E-state index in [9.17, 15) is 0 Å². The minimum atomic E-state index is -0.143. The molecule has 0 aliphatic carbocycles. The summed E-state index contributed by atoms with van der Waals surface area (Å²) >= 11 is 0. The van der Waals surface area contributed by atoms with Crippen LogP contribution < -0.4 is 18.9 Å². The van der Waals surface area contributed by atoms with Crippen molar-refractivity contribution in [2.24, 2.45) is 0 Å². The molecule has 0 radical (unpaired) electrons. The minimum Gasteiger partial charge on any atom is -0.493 e. The first-order valence-electron chi connectivity index (χ1n) is 4.46. The quantitative estimate of drug-likeness (QED) is 0.807. The highest BCUT2D eigenvalue weighted by molar-refractivity contribution is 5.63. The summed E-state index contributed by atoms with van der Waals surface area (Å²) < 4.78 is 20.8. The van der Waals surface area contributed by atoms with E-state index in [0.717, 1.165) is 0 Å². The van der Waals surface area contributed by atoms with E-state index < -0.39 is 0 Å². The summed E-state index contributed by atoms with van der Waals surface area (Å²) in [4.78, 5) is 0. The summed E-state index contributed by atoms with van der Waals surface area (Å²) in [6, 6.07) is 1.67. The second-order valence-electron chi connectivity index (χ2n) is 2.99. The summed E-state index contributed by atoms with van der Waals surface area (Å²) in [5, 5.41) is 9.17. The summed E-state index contributed by atoms with van der Waals surface area (Å²) in [5.74, 6) is 2.03. The molecule has 1 aromatic carbocycles. The van der Waals surface area contributed by atoms with E-state index in [-0.39, 0.29) is 13.4 Å². The lowest BCUT2D eigenvalue weighted by Gasteiger charge is -2.12. The number of benzene rings is 1. The van der Waals surface area contributed by atoms with Crippen molar-refractivity contribution in [1.29, 1.82) is 0 Å². The lowest BCUT2D eigenvalue weighted by atomic mass is 10.1. The second kappa shape index (κ2) is 3.86. The largest absolute Gasteiger partial charge is 0.493 e. The number of hydrogen-bond donors (Lipinski definition) is 1. The Kier molecular flexibility index (Phi) is 2.55. The van der Waals surface area contributed by atoms with Crippen LogP contribution in [-0.2, 0) is 6.61 Å².